The number of benzene rings is 2. The summed E-state index contributed by atoms with van der Waals surface area (Å²) in [6.07, 6.45) is 6.39. The predicted octanol–water partition coefficient (Wildman–Crippen LogP) is 5.51. The molecule has 1 aliphatic carbocycles. The lowest BCUT2D eigenvalue weighted by molar-refractivity contribution is -0.131. The van der Waals surface area contributed by atoms with E-state index in [1.807, 2.05) is 0 Å². The SMILES string of the molecule is CCN1CCN(C(=O)CN2CCn3c(c(C4CCCCC4)c4ccc(C5=NCN=N5)cc43)-c3ccccc32)CC1. The van der Waals surface area contributed by atoms with Crippen molar-refractivity contribution in [1.82, 2.24) is 14.4 Å². The van der Waals surface area contributed by atoms with Gasteiger partial charge in [-0.3, -0.25) is 4.79 Å². The molecule has 0 atom stereocenters. The molecule has 4 aliphatic rings. The minimum absolute atomic E-state index is 0.237. The Labute approximate surface area is 236 Å². The molecule has 1 amide bonds. The van der Waals surface area contributed by atoms with E-state index in [2.05, 4.69) is 83.9 Å². The largest absolute Gasteiger partial charge is 0.360 e. The number of anilines is 1. The van der Waals surface area contributed by atoms with Crippen LogP contribution in [0.2, 0.25) is 0 Å². The standard InChI is InChI=1S/C32H39N7O/c1-2-36-14-16-37(17-15-36)29(40)21-38-18-19-39-28-20-24(32-33-22-34-35-32)12-13-25(28)30(23-8-4-3-5-9-23)31(39)26-10-6-7-11-27(26)38/h6-7,10-13,20,23H,2-5,8-9,14-19,21-22H2,1H3. The van der Waals surface area contributed by atoms with Crippen molar-refractivity contribution in [2.24, 2.45) is 15.2 Å². The Morgan fingerprint density at radius 3 is 2.55 bits per heavy atom. The number of nitrogens with zero attached hydrogens (tertiary/aromatic N) is 7. The Bertz CT molecular complexity index is 1470. The Hall–Kier alpha value is -3.52. The first-order valence-corrected chi connectivity index (χ1v) is 15.1. The molecule has 40 heavy (non-hydrogen) atoms. The maximum Gasteiger partial charge on any atom is 0.242 e. The van der Waals surface area contributed by atoms with Gasteiger partial charge in [-0.2, -0.15) is 5.11 Å². The highest BCUT2D eigenvalue weighted by Crippen LogP contribution is 2.47. The minimum Gasteiger partial charge on any atom is -0.360 e. The molecule has 3 aromatic rings. The Morgan fingerprint density at radius 2 is 1.77 bits per heavy atom. The van der Waals surface area contributed by atoms with E-state index in [0.717, 1.165) is 57.2 Å². The van der Waals surface area contributed by atoms with Crippen LogP contribution in [0.5, 0.6) is 0 Å². The molecule has 0 unspecified atom stereocenters. The molecule has 8 nitrogen and oxygen atoms in total. The zero-order chi connectivity index (χ0) is 27.1. The molecule has 1 saturated carbocycles. The summed E-state index contributed by atoms with van der Waals surface area (Å²) in [7, 11) is 0. The van der Waals surface area contributed by atoms with Gasteiger partial charge in [0, 0.05) is 67.0 Å². The second kappa shape index (κ2) is 10.8. The van der Waals surface area contributed by atoms with E-state index in [4.69, 9.17) is 0 Å². The van der Waals surface area contributed by atoms with E-state index in [9.17, 15) is 4.79 Å². The lowest BCUT2D eigenvalue weighted by Crippen LogP contribution is -2.51. The number of hydrogen-bond donors (Lipinski definition) is 0. The summed E-state index contributed by atoms with van der Waals surface area (Å²) in [5, 5.41) is 9.73. The van der Waals surface area contributed by atoms with Gasteiger partial charge in [0.1, 0.15) is 0 Å². The van der Waals surface area contributed by atoms with E-state index in [0.29, 0.717) is 19.1 Å². The first kappa shape index (κ1) is 25.4. The summed E-state index contributed by atoms with van der Waals surface area (Å²) in [6, 6.07) is 15.5. The van der Waals surface area contributed by atoms with Crippen molar-refractivity contribution < 1.29 is 4.79 Å². The third-order valence-corrected chi connectivity index (χ3v) is 9.42. The van der Waals surface area contributed by atoms with Gasteiger partial charge in [-0.1, -0.05) is 56.5 Å². The molecule has 1 saturated heterocycles. The van der Waals surface area contributed by atoms with Crippen LogP contribution in [-0.4, -0.2) is 78.6 Å². The normalized spacial score (nSPS) is 20.0. The van der Waals surface area contributed by atoms with Gasteiger partial charge in [-0.25, -0.2) is 4.99 Å². The van der Waals surface area contributed by atoms with Crippen molar-refractivity contribution in [2.45, 2.75) is 51.5 Å². The number of carbonyl (C=O) groups is 1. The van der Waals surface area contributed by atoms with E-state index in [1.54, 1.807) is 0 Å². The highest BCUT2D eigenvalue weighted by atomic mass is 16.2. The molecular weight excluding hydrogens is 498 g/mol. The monoisotopic (exact) mass is 537 g/mol. The average Bonchev–Trinajstić information content (AvgIpc) is 3.63. The molecule has 4 heterocycles. The maximum absolute atomic E-state index is 13.5. The molecule has 208 valence electrons. The van der Waals surface area contributed by atoms with Gasteiger partial charge in [0.25, 0.3) is 0 Å². The summed E-state index contributed by atoms with van der Waals surface area (Å²) in [4.78, 5) is 24.8. The topological polar surface area (TPSA) is 68.8 Å². The van der Waals surface area contributed by atoms with Crippen LogP contribution in [0.4, 0.5) is 5.69 Å². The van der Waals surface area contributed by atoms with E-state index < -0.39 is 0 Å². The van der Waals surface area contributed by atoms with Crippen molar-refractivity contribution in [2.75, 3.05) is 57.4 Å². The van der Waals surface area contributed by atoms with Crippen molar-refractivity contribution >= 4 is 28.3 Å². The summed E-state index contributed by atoms with van der Waals surface area (Å²) >= 11 is 0. The molecule has 0 bridgehead atoms. The number of rotatable bonds is 5. The molecule has 7 rings (SSSR count). The number of fused-ring (bicyclic) bond motifs is 5. The third-order valence-electron chi connectivity index (χ3n) is 9.42. The summed E-state index contributed by atoms with van der Waals surface area (Å²) in [6.45, 7) is 9.29. The summed E-state index contributed by atoms with van der Waals surface area (Å²) in [5.74, 6) is 1.51. The van der Waals surface area contributed by atoms with Crippen LogP contribution < -0.4 is 4.90 Å². The highest BCUT2D eigenvalue weighted by molar-refractivity contribution is 6.04. The number of piperazine rings is 1. The second-order valence-electron chi connectivity index (χ2n) is 11.6. The van der Waals surface area contributed by atoms with E-state index in [1.165, 1.54) is 65.5 Å². The number of amidine groups is 1. The molecule has 3 aliphatic heterocycles. The molecule has 1 aromatic heterocycles. The van der Waals surface area contributed by atoms with Crippen LogP contribution in [0.3, 0.4) is 0 Å². The quantitative estimate of drug-likeness (QED) is 0.431. The van der Waals surface area contributed by atoms with E-state index in [-0.39, 0.29) is 5.91 Å². The number of hydrogen-bond acceptors (Lipinski definition) is 6. The number of aromatic nitrogens is 1. The lowest BCUT2D eigenvalue weighted by Gasteiger charge is -2.35. The molecule has 2 aromatic carbocycles. The second-order valence-corrected chi connectivity index (χ2v) is 11.6. The van der Waals surface area contributed by atoms with Crippen LogP contribution in [0, 0.1) is 0 Å². The first-order valence-electron chi connectivity index (χ1n) is 15.1. The van der Waals surface area contributed by atoms with Crippen LogP contribution in [0.15, 0.2) is 57.7 Å². The molecule has 8 heteroatoms. The number of amides is 1. The van der Waals surface area contributed by atoms with Gasteiger partial charge in [-0.05, 0) is 43.0 Å². The molecule has 2 fully saturated rings. The van der Waals surface area contributed by atoms with Gasteiger partial charge in [0.05, 0.1) is 12.2 Å². The number of para-hydroxylation sites is 1. The fourth-order valence-corrected chi connectivity index (χ4v) is 7.25. The first-order chi connectivity index (χ1) is 19.7. The number of likely N-dealkylation sites (N-methyl/N-ethyl adjacent to an activating group) is 1. The molecular formula is C32H39N7O. The summed E-state index contributed by atoms with van der Waals surface area (Å²) < 4.78 is 2.53. The zero-order valence-corrected chi connectivity index (χ0v) is 23.6. The Balaban J connectivity index is 1.30. The lowest BCUT2D eigenvalue weighted by atomic mass is 9.81. The number of aliphatic imine (C=N–C) groups is 1. The van der Waals surface area contributed by atoms with Gasteiger partial charge >= 0.3 is 0 Å². The van der Waals surface area contributed by atoms with Crippen LogP contribution in [-0.2, 0) is 11.3 Å². The van der Waals surface area contributed by atoms with Crippen molar-refractivity contribution in [3.8, 4) is 11.3 Å². The average molecular weight is 538 g/mol. The molecule has 0 spiro atoms. The zero-order valence-electron chi connectivity index (χ0n) is 23.6. The fraction of sp³-hybridized carbons (Fsp3) is 0.500. The van der Waals surface area contributed by atoms with Gasteiger partial charge in [-0.15, -0.1) is 5.11 Å². The van der Waals surface area contributed by atoms with Crippen molar-refractivity contribution in [3.05, 3.63) is 53.6 Å². The number of azo groups is 1. The van der Waals surface area contributed by atoms with Crippen LogP contribution in [0.25, 0.3) is 22.2 Å². The van der Waals surface area contributed by atoms with Gasteiger partial charge in [0.15, 0.2) is 12.5 Å². The molecule has 0 N–H and O–H groups in total. The van der Waals surface area contributed by atoms with Crippen LogP contribution >= 0.6 is 0 Å². The van der Waals surface area contributed by atoms with Crippen molar-refractivity contribution in [3.63, 3.8) is 0 Å². The van der Waals surface area contributed by atoms with Crippen molar-refractivity contribution in [1.29, 1.82) is 0 Å². The Kier molecular flexibility index (Phi) is 6.87. The van der Waals surface area contributed by atoms with Gasteiger partial charge in [0.2, 0.25) is 5.91 Å². The smallest absolute Gasteiger partial charge is 0.242 e. The highest BCUT2D eigenvalue weighted by Gasteiger charge is 2.32. The number of carbonyl (C=O) groups excluding carboxylic acids is 1. The third kappa shape index (κ3) is 4.52. The summed E-state index contributed by atoms with van der Waals surface area (Å²) in [5.41, 5.74) is 7.54. The Morgan fingerprint density at radius 1 is 0.950 bits per heavy atom. The fourth-order valence-electron chi connectivity index (χ4n) is 7.25. The van der Waals surface area contributed by atoms with E-state index >= 15 is 0 Å². The van der Waals surface area contributed by atoms with Gasteiger partial charge < -0.3 is 19.3 Å². The predicted molar refractivity (Wildman–Crippen MR) is 160 cm³/mol. The maximum atomic E-state index is 13.5. The molecule has 0 radical (unpaired) electrons. The minimum atomic E-state index is 0.237. The van der Waals surface area contributed by atoms with Crippen LogP contribution in [0.1, 0.15) is 56.1 Å².